The molecule has 1 aromatic heterocycles. The van der Waals surface area contributed by atoms with Gasteiger partial charge < -0.3 is 5.32 Å². The molecule has 0 fully saturated rings. The minimum Gasteiger partial charge on any atom is -0.325 e. The largest absolute Gasteiger partial charge is 0.325 e. The van der Waals surface area contributed by atoms with Crippen LogP contribution in [0.15, 0.2) is 46.8 Å². The van der Waals surface area contributed by atoms with Gasteiger partial charge in [0.2, 0.25) is 5.91 Å². The summed E-state index contributed by atoms with van der Waals surface area (Å²) in [5.74, 6) is 0.289. The summed E-state index contributed by atoms with van der Waals surface area (Å²) >= 11 is 8.97. The second-order valence-electron chi connectivity index (χ2n) is 4.74. The van der Waals surface area contributed by atoms with E-state index in [2.05, 4.69) is 10.3 Å². The number of aryl methyl sites for hydroxylation is 1. The first kappa shape index (κ1) is 15.3. The quantitative estimate of drug-likeness (QED) is 0.675. The highest BCUT2D eigenvalue weighted by Gasteiger charge is 2.09. The number of anilines is 1. The molecule has 0 aliphatic carbocycles. The Bertz CT molecular complexity index is 799. The number of benzene rings is 2. The van der Waals surface area contributed by atoms with Gasteiger partial charge >= 0.3 is 0 Å². The van der Waals surface area contributed by atoms with E-state index >= 15 is 0 Å². The summed E-state index contributed by atoms with van der Waals surface area (Å²) in [6.45, 7) is 1.92. The average Bonchev–Trinajstić information content (AvgIpc) is 2.91. The van der Waals surface area contributed by atoms with Gasteiger partial charge in [-0.15, -0.1) is 11.3 Å². The van der Waals surface area contributed by atoms with Crippen molar-refractivity contribution in [3.05, 3.63) is 53.1 Å². The number of thioether (sulfide) groups is 1. The molecule has 3 rings (SSSR count). The zero-order chi connectivity index (χ0) is 15.5. The highest BCUT2D eigenvalue weighted by atomic mass is 35.5. The van der Waals surface area contributed by atoms with Gasteiger partial charge in [0, 0.05) is 10.7 Å². The molecule has 0 spiro atoms. The molecule has 0 bridgehead atoms. The first-order valence-electron chi connectivity index (χ1n) is 6.66. The van der Waals surface area contributed by atoms with E-state index in [-0.39, 0.29) is 5.91 Å². The Morgan fingerprint density at radius 1 is 1.32 bits per heavy atom. The van der Waals surface area contributed by atoms with Crippen molar-refractivity contribution in [3.8, 4) is 0 Å². The lowest BCUT2D eigenvalue weighted by molar-refractivity contribution is -0.113. The van der Waals surface area contributed by atoms with Crippen molar-refractivity contribution in [2.24, 2.45) is 0 Å². The van der Waals surface area contributed by atoms with E-state index in [9.17, 15) is 4.79 Å². The smallest absolute Gasteiger partial charge is 0.234 e. The number of amides is 1. The van der Waals surface area contributed by atoms with Crippen LogP contribution in [0.3, 0.4) is 0 Å². The molecule has 1 heterocycles. The van der Waals surface area contributed by atoms with Gasteiger partial charge in [-0.3, -0.25) is 4.79 Å². The third-order valence-electron chi connectivity index (χ3n) is 3.06. The third kappa shape index (κ3) is 3.61. The molecule has 2 aromatic carbocycles. The maximum absolute atomic E-state index is 12.1. The number of nitrogens with zero attached hydrogens (tertiary/aromatic N) is 1. The van der Waals surface area contributed by atoms with Gasteiger partial charge in [0.25, 0.3) is 0 Å². The minimum absolute atomic E-state index is 0.0466. The number of para-hydroxylation sites is 1. The van der Waals surface area contributed by atoms with Crippen LogP contribution in [0.5, 0.6) is 0 Å². The molecule has 0 radical (unpaired) electrons. The SMILES string of the molecule is Cc1cc(Cl)ccc1NC(=O)CSc1nc2ccccc2s1. The number of hydrogen-bond donors (Lipinski definition) is 1. The van der Waals surface area contributed by atoms with Crippen LogP contribution in [0.2, 0.25) is 5.02 Å². The molecule has 0 saturated heterocycles. The van der Waals surface area contributed by atoms with Crippen LogP contribution in [0.4, 0.5) is 5.69 Å². The molecule has 1 N–H and O–H groups in total. The first-order chi connectivity index (χ1) is 10.6. The number of halogens is 1. The fraction of sp³-hybridized carbons (Fsp3) is 0.125. The van der Waals surface area contributed by atoms with Gasteiger partial charge in [-0.25, -0.2) is 4.98 Å². The number of hydrogen-bond acceptors (Lipinski definition) is 4. The van der Waals surface area contributed by atoms with E-state index in [1.807, 2.05) is 43.3 Å². The van der Waals surface area contributed by atoms with Crippen molar-refractivity contribution in [1.82, 2.24) is 4.98 Å². The molecular weight excluding hydrogens is 336 g/mol. The Hall–Kier alpha value is -1.56. The Kier molecular flexibility index (Phi) is 4.66. The zero-order valence-corrected chi connectivity index (χ0v) is 14.2. The van der Waals surface area contributed by atoms with Gasteiger partial charge in [0.05, 0.1) is 16.0 Å². The maximum Gasteiger partial charge on any atom is 0.234 e. The zero-order valence-electron chi connectivity index (χ0n) is 11.8. The van der Waals surface area contributed by atoms with Gasteiger partial charge in [-0.05, 0) is 42.8 Å². The van der Waals surface area contributed by atoms with Gasteiger partial charge in [0.15, 0.2) is 4.34 Å². The molecule has 3 nitrogen and oxygen atoms in total. The number of rotatable bonds is 4. The van der Waals surface area contributed by atoms with E-state index in [1.165, 1.54) is 11.8 Å². The van der Waals surface area contributed by atoms with Crippen LogP contribution in [0, 0.1) is 6.92 Å². The minimum atomic E-state index is -0.0466. The molecule has 112 valence electrons. The van der Waals surface area contributed by atoms with Crippen LogP contribution < -0.4 is 5.32 Å². The summed E-state index contributed by atoms with van der Waals surface area (Å²) < 4.78 is 2.04. The Morgan fingerprint density at radius 2 is 2.14 bits per heavy atom. The Balaban J connectivity index is 1.62. The van der Waals surface area contributed by atoms with E-state index in [0.717, 1.165) is 25.8 Å². The Labute approximate surface area is 141 Å². The predicted octanol–water partition coefficient (Wildman–Crippen LogP) is 4.99. The van der Waals surface area contributed by atoms with Gasteiger partial charge in [-0.2, -0.15) is 0 Å². The summed E-state index contributed by atoms with van der Waals surface area (Å²) in [7, 11) is 0. The topological polar surface area (TPSA) is 42.0 Å². The summed E-state index contributed by atoms with van der Waals surface area (Å²) in [6.07, 6.45) is 0. The lowest BCUT2D eigenvalue weighted by Crippen LogP contribution is -2.14. The van der Waals surface area contributed by atoms with Crippen molar-refractivity contribution < 1.29 is 4.79 Å². The summed E-state index contributed by atoms with van der Waals surface area (Å²) in [4.78, 5) is 16.6. The highest BCUT2D eigenvalue weighted by molar-refractivity contribution is 8.01. The molecule has 0 atom stereocenters. The van der Waals surface area contributed by atoms with E-state index < -0.39 is 0 Å². The van der Waals surface area contributed by atoms with Crippen LogP contribution >= 0.6 is 34.7 Å². The van der Waals surface area contributed by atoms with Crippen LogP contribution in [0.1, 0.15) is 5.56 Å². The number of thiazole rings is 1. The monoisotopic (exact) mass is 348 g/mol. The van der Waals surface area contributed by atoms with Gasteiger partial charge in [-0.1, -0.05) is 35.5 Å². The molecule has 0 unspecified atom stereocenters. The van der Waals surface area contributed by atoms with Crippen molar-refractivity contribution in [2.45, 2.75) is 11.3 Å². The summed E-state index contributed by atoms with van der Waals surface area (Å²) in [6, 6.07) is 13.4. The number of carbonyl (C=O) groups is 1. The van der Waals surface area contributed by atoms with Crippen molar-refractivity contribution in [1.29, 1.82) is 0 Å². The normalized spacial score (nSPS) is 10.8. The molecule has 0 aliphatic heterocycles. The standard InChI is InChI=1S/C16H13ClN2OS2/c1-10-8-11(17)6-7-12(10)18-15(20)9-21-16-19-13-4-2-3-5-14(13)22-16/h2-8H,9H2,1H3,(H,18,20). The summed E-state index contributed by atoms with van der Waals surface area (Å²) in [5, 5.41) is 3.57. The molecule has 6 heteroatoms. The van der Waals surface area contributed by atoms with Crippen LogP contribution in [-0.4, -0.2) is 16.6 Å². The average molecular weight is 349 g/mol. The molecule has 22 heavy (non-hydrogen) atoms. The Morgan fingerprint density at radius 3 is 2.91 bits per heavy atom. The highest BCUT2D eigenvalue weighted by Crippen LogP contribution is 2.29. The van der Waals surface area contributed by atoms with E-state index in [4.69, 9.17) is 11.6 Å². The maximum atomic E-state index is 12.1. The number of fused-ring (bicyclic) bond motifs is 1. The number of carbonyl (C=O) groups excluding carboxylic acids is 1. The number of nitrogens with one attached hydrogen (secondary N) is 1. The lowest BCUT2D eigenvalue weighted by Gasteiger charge is -2.07. The second-order valence-corrected chi connectivity index (χ2v) is 7.43. The second kappa shape index (κ2) is 6.69. The van der Waals surface area contributed by atoms with Gasteiger partial charge in [0.1, 0.15) is 0 Å². The van der Waals surface area contributed by atoms with Crippen molar-refractivity contribution in [2.75, 3.05) is 11.1 Å². The first-order valence-corrected chi connectivity index (χ1v) is 8.84. The van der Waals surface area contributed by atoms with Crippen molar-refractivity contribution >= 4 is 56.5 Å². The fourth-order valence-corrected chi connectivity index (χ4v) is 4.09. The molecule has 0 aliphatic rings. The molecule has 1 amide bonds. The van der Waals surface area contributed by atoms with Crippen LogP contribution in [0.25, 0.3) is 10.2 Å². The van der Waals surface area contributed by atoms with E-state index in [1.54, 1.807) is 17.4 Å². The predicted molar refractivity (Wildman–Crippen MR) is 95.2 cm³/mol. The van der Waals surface area contributed by atoms with Crippen LogP contribution in [-0.2, 0) is 4.79 Å². The molecule has 3 aromatic rings. The molecular formula is C16H13ClN2OS2. The lowest BCUT2D eigenvalue weighted by atomic mass is 10.2. The fourth-order valence-electron chi connectivity index (χ4n) is 1.99. The number of aromatic nitrogens is 1. The molecule has 0 saturated carbocycles. The van der Waals surface area contributed by atoms with E-state index in [0.29, 0.717) is 10.8 Å². The third-order valence-corrected chi connectivity index (χ3v) is 5.48. The van der Waals surface area contributed by atoms with Crippen molar-refractivity contribution in [3.63, 3.8) is 0 Å². The summed E-state index contributed by atoms with van der Waals surface area (Å²) in [5.41, 5.74) is 2.72.